The number of carbonyl (C=O) groups is 2. The van der Waals surface area contributed by atoms with Crippen LogP contribution in [0.25, 0.3) is 10.9 Å². The zero-order valence-electron chi connectivity index (χ0n) is 12.3. The van der Waals surface area contributed by atoms with E-state index >= 15 is 0 Å². The smallest absolute Gasteiger partial charge is 0.411 e. The van der Waals surface area contributed by atoms with E-state index in [1.54, 1.807) is 6.07 Å². The van der Waals surface area contributed by atoms with Gasteiger partial charge in [-0.2, -0.15) is 0 Å². The molecule has 0 radical (unpaired) electrons. The van der Waals surface area contributed by atoms with Crippen LogP contribution in [0, 0.1) is 0 Å². The van der Waals surface area contributed by atoms with Crippen molar-refractivity contribution < 1.29 is 19.2 Å². The molecule has 0 aliphatic carbocycles. The van der Waals surface area contributed by atoms with Gasteiger partial charge in [0, 0.05) is 34.7 Å². The summed E-state index contributed by atoms with van der Waals surface area (Å²) in [6, 6.07) is 6.78. The van der Waals surface area contributed by atoms with Gasteiger partial charge in [-0.25, -0.2) is 4.79 Å². The largest absolute Gasteiger partial charge is 0.465 e. The number of hydrogen-bond donors (Lipinski definition) is 4. The molecule has 0 aliphatic heterocycles. The minimum absolute atomic E-state index is 0.000668. The van der Waals surface area contributed by atoms with E-state index in [2.05, 4.69) is 15.5 Å². The van der Waals surface area contributed by atoms with Crippen LogP contribution in [-0.4, -0.2) is 33.8 Å². The highest BCUT2D eigenvalue weighted by Crippen LogP contribution is 2.22. The van der Waals surface area contributed by atoms with E-state index in [0.717, 1.165) is 16.5 Å². The van der Waals surface area contributed by atoms with Crippen LogP contribution in [0.15, 0.2) is 35.0 Å². The summed E-state index contributed by atoms with van der Waals surface area (Å²) in [6.45, 7) is 0.382. The fourth-order valence-electron chi connectivity index (χ4n) is 2.31. The number of rotatable bonds is 5. The van der Waals surface area contributed by atoms with Crippen LogP contribution in [0.5, 0.6) is 0 Å². The zero-order valence-corrected chi connectivity index (χ0v) is 13.1. The molecule has 0 unspecified atom stereocenters. The molecule has 0 atom stereocenters. The van der Waals surface area contributed by atoms with Crippen molar-refractivity contribution in [2.24, 2.45) is 0 Å². The average Bonchev–Trinajstić information content (AvgIpc) is 3.14. The molecule has 24 heavy (non-hydrogen) atoms. The van der Waals surface area contributed by atoms with E-state index in [9.17, 15) is 9.59 Å². The van der Waals surface area contributed by atoms with Gasteiger partial charge in [-0.05, 0) is 30.2 Å². The molecule has 0 spiro atoms. The second-order valence-corrected chi connectivity index (χ2v) is 5.45. The van der Waals surface area contributed by atoms with Crippen LogP contribution in [-0.2, 0) is 6.42 Å². The lowest BCUT2D eigenvalue weighted by Crippen LogP contribution is -2.25. The van der Waals surface area contributed by atoms with Crippen molar-refractivity contribution in [2.45, 2.75) is 6.42 Å². The standard InChI is InChI=1S/C15H13ClN4O4/c16-9-1-2-11-10(5-9)8(7-18-11)3-4-17-14(21)12-6-13(24-20-12)19-15(22)23/h1-2,5-7,18-19H,3-4H2,(H,17,21)(H,22,23). The van der Waals surface area contributed by atoms with Crippen LogP contribution in [0.4, 0.5) is 10.7 Å². The molecule has 2 aromatic heterocycles. The number of aromatic nitrogens is 2. The highest BCUT2D eigenvalue weighted by atomic mass is 35.5. The molecule has 3 aromatic rings. The van der Waals surface area contributed by atoms with Gasteiger partial charge in [-0.15, -0.1) is 0 Å². The topological polar surface area (TPSA) is 120 Å². The summed E-state index contributed by atoms with van der Waals surface area (Å²) in [5.41, 5.74) is 2.00. The monoisotopic (exact) mass is 348 g/mol. The van der Waals surface area contributed by atoms with Gasteiger partial charge in [0.05, 0.1) is 0 Å². The fourth-order valence-corrected chi connectivity index (χ4v) is 2.48. The number of aromatic amines is 1. The molecule has 4 N–H and O–H groups in total. The minimum atomic E-state index is -1.30. The van der Waals surface area contributed by atoms with E-state index < -0.39 is 12.0 Å². The Morgan fingerprint density at radius 1 is 1.33 bits per heavy atom. The Morgan fingerprint density at radius 2 is 2.17 bits per heavy atom. The third-order valence-corrected chi connectivity index (χ3v) is 3.62. The van der Waals surface area contributed by atoms with E-state index in [0.29, 0.717) is 18.0 Å². The lowest BCUT2D eigenvalue weighted by Gasteiger charge is -2.02. The van der Waals surface area contributed by atoms with Gasteiger partial charge in [-0.1, -0.05) is 16.8 Å². The number of benzene rings is 1. The number of amides is 2. The SMILES string of the molecule is O=C(O)Nc1cc(C(=O)NCCc2c[nH]c3ccc(Cl)cc23)no1. The first kappa shape index (κ1) is 15.9. The Hall–Kier alpha value is -3.00. The van der Waals surface area contributed by atoms with Crippen LogP contribution >= 0.6 is 11.6 Å². The molecule has 2 amide bonds. The average molecular weight is 349 g/mol. The van der Waals surface area contributed by atoms with E-state index in [1.807, 2.05) is 23.6 Å². The van der Waals surface area contributed by atoms with Crippen LogP contribution in [0.1, 0.15) is 16.1 Å². The molecule has 0 fully saturated rings. The molecule has 9 heteroatoms. The van der Waals surface area contributed by atoms with Gasteiger partial charge in [0.2, 0.25) is 5.88 Å². The molecule has 0 bridgehead atoms. The fraction of sp³-hybridized carbons (Fsp3) is 0.133. The number of H-pyrrole nitrogens is 1. The van der Waals surface area contributed by atoms with Gasteiger partial charge in [0.15, 0.2) is 5.69 Å². The summed E-state index contributed by atoms with van der Waals surface area (Å²) in [5.74, 6) is -0.561. The quantitative estimate of drug-likeness (QED) is 0.565. The summed E-state index contributed by atoms with van der Waals surface area (Å²) >= 11 is 6.00. The molecule has 8 nitrogen and oxygen atoms in total. The number of anilines is 1. The number of fused-ring (bicyclic) bond motifs is 1. The number of carbonyl (C=O) groups excluding carboxylic acids is 1. The van der Waals surface area contributed by atoms with Crippen LogP contribution < -0.4 is 10.6 Å². The van der Waals surface area contributed by atoms with Crippen molar-refractivity contribution in [3.63, 3.8) is 0 Å². The Labute approximate surface area is 140 Å². The van der Waals surface area contributed by atoms with Crippen molar-refractivity contribution in [1.29, 1.82) is 0 Å². The third kappa shape index (κ3) is 3.49. The minimum Gasteiger partial charge on any atom is -0.465 e. The van der Waals surface area contributed by atoms with Crippen molar-refractivity contribution in [3.8, 4) is 0 Å². The summed E-state index contributed by atoms with van der Waals surface area (Å²) in [4.78, 5) is 25.6. The first-order valence-corrected chi connectivity index (χ1v) is 7.41. The Kier molecular flexibility index (Phi) is 4.39. The molecule has 0 aliphatic rings. The lowest BCUT2D eigenvalue weighted by atomic mass is 10.1. The van der Waals surface area contributed by atoms with Gasteiger partial charge in [0.25, 0.3) is 5.91 Å². The Morgan fingerprint density at radius 3 is 2.96 bits per heavy atom. The maximum Gasteiger partial charge on any atom is 0.411 e. The predicted molar refractivity (Wildman–Crippen MR) is 87.5 cm³/mol. The van der Waals surface area contributed by atoms with Crippen LogP contribution in [0.2, 0.25) is 5.02 Å². The van der Waals surface area contributed by atoms with Crippen LogP contribution in [0.3, 0.4) is 0 Å². The maximum absolute atomic E-state index is 12.0. The summed E-state index contributed by atoms with van der Waals surface area (Å²) < 4.78 is 4.70. The maximum atomic E-state index is 12.0. The second kappa shape index (κ2) is 6.63. The molecule has 2 heterocycles. The van der Waals surface area contributed by atoms with Crippen molar-refractivity contribution in [1.82, 2.24) is 15.5 Å². The zero-order chi connectivity index (χ0) is 17.1. The molecule has 0 saturated heterocycles. The highest BCUT2D eigenvalue weighted by molar-refractivity contribution is 6.31. The number of nitrogens with zero attached hydrogens (tertiary/aromatic N) is 1. The predicted octanol–water partition coefficient (Wildman–Crippen LogP) is 2.87. The molecule has 3 rings (SSSR count). The van der Waals surface area contributed by atoms with E-state index in [4.69, 9.17) is 21.2 Å². The van der Waals surface area contributed by atoms with Gasteiger partial charge >= 0.3 is 6.09 Å². The first-order valence-electron chi connectivity index (χ1n) is 7.03. The second-order valence-electron chi connectivity index (χ2n) is 5.02. The van der Waals surface area contributed by atoms with Crippen molar-refractivity contribution in [2.75, 3.05) is 11.9 Å². The Balaban J connectivity index is 1.59. The molecular formula is C15H13ClN4O4. The number of halogens is 1. The normalized spacial score (nSPS) is 10.7. The van der Waals surface area contributed by atoms with E-state index in [-0.39, 0.29) is 11.6 Å². The first-order chi connectivity index (χ1) is 11.5. The van der Waals surface area contributed by atoms with Crippen molar-refractivity contribution >= 4 is 40.4 Å². The van der Waals surface area contributed by atoms with Gasteiger partial charge in [-0.3, -0.25) is 10.1 Å². The van der Waals surface area contributed by atoms with Crippen molar-refractivity contribution in [3.05, 3.63) is 46.7 Å². The van der Waals surface area contributed by atoms with E-state index in [1.165, 1.54) is 6.07 Å². The third-order valence-electron chi connectivity index (χ3n) is 3.38. The molecule has 0 saturated carbocycles. The summed E-state index contributed by atoms with van der Waals surface area (Å²) in [7, 11) is 0. The molecular weight excluding hydrogens is 336 g/mol. The molecule has 124 valence electrons. The lowest BCUT2D eigenvalue weighted by molar-refractivity contribution is 0.0945. The number of carboxylic acid groups (broad SMARTS) is 1. The summed E-state index contributed by atoms with van der Waals surface area (Å²) in [6.07, 6.45) is 1.18. The van der Waals surface area contributed by atoms with Gasteiger partial charge in [0.1, 0.15) is 0 Å². The summed E-state index contributed by atoms with van der Waals surface area (Å²) in [5, 5.41) is 18.4. The van der Waals surface area contributed by atoms with Gasteiger partial charge < -0.3 is 19.9 Å². The molecule has 1 aromatic carbocycles. The number of hydrogen-bond acceptors (Lipinski definition) is 4. The highest BCUT2D eigenvalue weighted by Gasteiger charge is 2.13. The Bertz CT molecular complexity index is 902. The number of nitrogens with one attached hydrogen (secondary N) is 3.